The van der Waals surface area contributed by atoms with Gasteiger partial charge in [0.1, 0.15) is 4.21 Å². The van der Waals surface area contributed by atoms with Crippen LogP contribution in [0.3, 0.4) is 0 Å². The highest BCUT2D eigenvalue weighted by molar-refractivity contribution is 7.91. The average molecular weight is 359 g/mol. The molecular formula is C15H19ClN2O2S2. The maximum atomic E-state index is 12.4. The highest BCUT2D eigenvalue weighted by atomic mass is 35.5. The number of thiophene rings is 1. The van der Waals surface area contributed by atoms with E-state index in [9.17, 15) is 8.42 Å². The second-order valence-electron chi connectivity index (χ2n) is 6.02. The molecule has 22 heavy (non-hydrogen) atoms. The lowest BCUT2D eigenvalue weighted by Gasteiger charge is -2.16. The number of sulfonamides is 1. The van der Waals surface area contributed by atoms with Gasteiger partial charge in [0.25, 0.3) is 0 Å². The molecule has 1 aromatic heterocycles. The zero-order chi connectivity index (χ0) is 16.5. The lowest BCUT2D eigenvalue weighted by molar-refractivity contribution is 0.583. The summed E-state index contributed by atoms with van der Waals surface area (Å²) in [6.07, 6.45) is 0. The molecular weight excluding hydrogens is 340 g/mol. The smallest absolute Gasteiger partial charge is 0.250 e. The molecule has 0 saturated carbocycles. The molecule has 0 spiro atoms. The fourth-order valence-electron chi connectivity index (χ4n) is 1.99. The van der Waals surface area contributed by atoms with Crippen LogP contribution in [-0.2, 0) is 22.0 Å². The highest BCUT2D eigenvalue weighted by Gasteiger charge is 2.25. The predicted molar refractivity (Wildman–Crippen MR) is 92.9 cm³/mol. The second-order valence-corrected chi connectivity index (χ2v) is 9.47. The summed E-state index contributed by atoms with van der Waals surface area (Å²) in [5.41, 5.74) is 7.00. The van der Waals surface area contributed by atoms with Crippen LogP contribution in [-0.4, -0.2) is 8.42 Å². The summed E-state index contributed by atoms with van der Waals surface area (Å²) in [4.78, 5) is 0.866. The fraction of sp³-hybridized carbons (Fsp3) is 0.333. The Hall–Kier alpha value is -1.08. The third kappa shape index (κ3) is 3.81. The van der Waals surface area contributed by atoms with Crippen molar-refractivity contribution < 1.29 is 8.42 Å². The van der Waals surface area contributed by atoms with E-state index in [1.54, 1.807) is 18.2 Å². The Labute approximate surface area is 140 Å². The first-order valence-corrected chi connectivity index (χ1v) is 9.42. The zero-order valence-electron chi connectivity index (χ0n) is 12.7. The number of halogens is 1. The molecule has 0 unspecified atom stereocenters. The second kappa shape index (κ2) is 6.20. The molecule has 4 nitrogen and oxygen atoms in total. The number of hydrogen-bond acceptors (Lipinski definition) is 4. The predicted octanol–water partition coefficient (Wildman–Crippen LogP) is 3.76. The normalized spacial score (nSPS) is 12.5. The van der Waals surface area contributed by atoms with Gasteiger partial charge in [-0.25, -0.2) is 13.1 Å². The summed E-state index contributed by atoms with van der Waals surface area (Å²) in [5.74, 6) is 0. The molecule has 1 aromatic carbocycles. The number of hydrogen-bond donors (Lipinski definition) is 2. The van der Waals surface area contributed by atoms with Crippen LogP contribution in [0, 0.1) is 0 Å². The van der Waals surface area contributed by atoms with Crippen LogP contribution in [0.5, 0.6) is 0 Å². The van der Waals surface area contributed by atoms with Crippen LogP contribution in [0.4, 0.5) is 5.69 Å². The molecule has 0 aliphatic heterocycles. The highest BCUT2D eigenvalue weighted by Crippen LogP contribution is 2.37. The van der Waals surface area contributed by atoms with E-state index in [1.165, 1.54) is 17.4 Å². The quantitative estimate of drug-likeness (QED) is 0.874. The zero-order valence-corrected chi connectivity index (χ0v) is 15.1. The van der Waals surface area contributed by atoms with Crippen molar-refractivity contribution in [1.82, 2.24) is 4.72 Å². The number of rotatable bonds is 4. The number of nitrogens with one attached hydrogen (secondary N) is 1. The van der Waals surface area contributed by atoms with Crippen molar-refractivity contribution in [2.45, 2.75) is 36.9 Å². The van der Waals surface area contributed by atoms with E-state index in [0.29, 0.717) is 10.7 Å². The lowest BCUT2D eigenvalue weighted by atomic mass is 9.94. The van der Waals surface area contributed by atoms with E-state index in [0.717, 1.165) is 10.4 Å². The van der Waals surface area contributed by atoms with E-state index in [1.807, 2.05) is 26.8 Å². The summed E-state index contributed by atoms with van der Waals surface area (Å²) in [6.45, 7) is 6.15. The number of anilines is 1. The molecule has 3 N–H and O–H groups in total. The molecule has 0 saturated heterocycles. The maximum absolute atomic E-state index is 12.4. The molecule has 0 radical (unpaired) electrons. The molecule has 1 heterocycles. The summed E-state index contributed by atoms with van der Waals surface area (Å²) >= 11 is 7.24. The first-order valence-electron chi connectivity index (χ1n) is 6.74. The van der Waals surface area contributed by atoms with Crippen LogP contribution in [0.25, 0.3) is 0 Å². The molecule has 120 valence electrons. The van der Waals surface area contributed by atoms with Crippen LogP contribution in [0.2, 0.25) is 5.02 Å². The Kier molecular flexibility index (Phi) is 4.87. The standard InChI is InChI=1S/C15H19ClN2O2S2/c1-15(2,3)14-12(17)8-13(21-14)22(19,20)18-9-10-6-4-5-7-11(10)16/h4-8,18H,9,17H2,1-3H3. The molecule has 0 bridgehead atoms. The number of nitrogens with two attached hydrogens (primary N) is 1. The van der Waals surface area contributed by atoms with Crippen molar-refractivity contribution in [1.29, 1.82) is 0 Å². The molecule has 2 rings (SSSR count). The molecule has 2 aromatic rings. The van der Waals surface area contributed by atoms with Gasteiger partial charge < -0.3 is 5.73 Å². The van der Waals surface area contributed by atoms with Gasteiger partial charge in [0.2, 0.25) is 10.0 Å². The molecule has 0 aliphatic carbocycles. The van der Waals surface area contributed by atoms with Gasteiger partial charge in [0.15, 0.2) is 0 Å². The monoisotopic (exact) mass is 358 g/mol. The van der Waals surface area contributed by atoms with E-state index in [2.05, 4.69) is 4.72 Å². The first-order chi connectivity index (χ1) is 10.1. The summed E-state index contributed by atoms with van der Waals surface area (Å²) < 4.78 is 27.6. The molecule has 7 heteroatoms. The first kappa shape index (κ1) is 17.3. The van der Waals surface area contributed by atoms with E-state index < -0.39 is 10.0 Å². The minimum Gasteiger partial charge on any atom is -0.398 e. The Bertz CT molecular complexity index is 777. The third-order valence-corrected chi connectivity index (χ3v) is 6.91. The number of nitrogen functional groups attached to an aromatic ring is 1. The van der Waals surface area contributed by atoms with Crippen LogP contribution >= 0.6 is 22.9 Å². The molecule has 0 atom stereocenters. The Morgan fingerprint density at radius 3 is 2.45 bits per heavy atom. The summed E-state index contributed by atoms with van der Waals surface area (Å²) in [5, 5.41) is 0.534. The maximum Gasteiger partial charge on any atom is 0.250 e. The minimum absolute atomic E-state index is 0.144. The fourth-order valence-corrected chi connectivity index (χ4v) is 4.69. The van der Waals surface area contributed by atoms with Crippen molar-refractivity contribution in [3.05, 3.63) is 45.8 Å². The van der Waals surface area contributed by atoms with Gasteiger partial charge in [-0.2, -0.15) is 0 Å². The third-order valence-electron chi connectivity index (χ3n) is 3.09. The molecule has 0 amide bonds. The Balaban J connectivity index is 2.23. The van der Waals surface area contributed by atoms with E-state index in [-0.39, 0.29) is 16.2 Å². The van der Waals surface area contributed by atoms with E-state index in [4.69, 9.17) is 17.3 Å². The topological polar surface area (TPSA) is 72.2 Å². The van der Waals surface area contributed by atoms with Crippen molar-refractivity contribution in [2.24, 2.45) is 0 Å². The van der Waals surface area contributed by atoms with Gasteiger partial charge in [0.05, 0.1) is 0 Å². The van der Waals surface area contributed by atoms with Crippen LogP contribution < -0.4 is 10.5 Å². The largest absolute Gasteiger partial charge is 0.398 e. The van der Waals surface area contributed by atoms with Gasteiger partial charge in [-0.3, -0.25) is 0 Å². The Morgan fingerprint density at radius 2 is 1.91 bits per heavy atom. The van der Waals surface area contributed by atoms with Gasteiger partial charge >= 0.3 is 0 Å². The van der Waals surface area contributed by atoms with Crippen molar-refractivity contribution in [3.63, 3.8) is 0 Å². The van der Waals surface area contributed by atoms with Gasteiger partial charge in [-0.15, -0.1) is 11.3 Å². The van der Waals surface area contributed by atoms with Gasteiger partial charge in [-0.05, 0) is 23.1 Å². The van der Waals surface area contributed by atoms with Crippen LogP contribution in [0.15, 0.2) is 34.5 Å². The summed E-state index contributed by atoms with van der Waals surface area (Å²) in [7, 11) is -3.61. The molecule has 0 fully saturated rings. The molecule has 0 aliphatic rings. The van der Waals surface area contributed by atoms with Crippen molar-refractivity contribution >= 4 is 38.6 Å². The van der Waals surface area contributed by atoms with Gasteiger partial charge in [-0.1, -0.05) is 50.6 Å². The van der Waals surface area contributed by atoms with E-state index >= 15 is 0 Å². The van der Waals surface area contributed by atoms with Crippen LogP contribution in [0.1, 0.15) is 31.2 Å². The Morgan fingerprint density at radius 1 is 1.27 bits per heavy atom. The SMILES string of the molecule is CC(C)(C)c1sc(S(=O)(=O)NCc2ccccc2Cl)cc1N. The van der Waals surface area contributed by atoms with Gasteiger partial charge in [0, 0.05) is 22.1 Å². The minimum atomic E-state index is -3.61. The summed E-state index contributed by atoms with van der Waals surface area (Å²) in [6, 6.07) is 8.65. The van der Waals surface area contributed by atoms with Crippen molar-refractivity contribution in [2.75, 3.05) is 5.73 Å². The average Bonchev–Trinajstić information content (AvgIpc) is 2.81. The lowest BCUT2D eigenvalue weighted by Crippen LogP contribution is -2.22. The van der Waals surface area contributed by atoms with Crippen molar-refractivity contribution in [3.8, 4) is 0 Å². The number of benzene rings is 1.